The van der Waals surface area contributed by atoms with E-state index in [2.05, 4.69) is 10.0 Å². The van der Waals surface area contributed by atoms with Gasteiger partial charge in [0.1, 0.15) is 17.5 Å². The van der Waals surface area contributed by atoms with E-state index in [1.807, 2.05) is 6.07 Å². The van der Waals surface area contributed by atoms with Gasteiger partial charge in [0.15, 0.2) is 0 Å². The summed E-state index contributed by atoms with van der Waals surface area (Å²) < 4.78 is 7.63. The number of carboxylic acid groups (broad SMARTS) is 1. The lowest BCUT2D eigenvalue weighted by Gasteiger charge is -2.30. The van der Waals surface area contributed by atoms with Gasteiger partial charge in [-0.15, -0.1) is 0 Å². The fourth-order valence-electron chi connectivity index (χ4n) is 4.84. The molecule has 1 atom stereocenters. The largest absolute Gasteiger partial charge is 0.480 e. The maximum absolute atomic E-state index is 11.9. The van der Waals surface area contributed by atoms with Crippen LogP contribution in [0.4, 0.5) is 5.69 Å². The number of nitrogens with one attached hydrogen (secondary N) is 2. The van der Waals surface area contributed by atoms with Crippen LogP contribution in [0.25, 0.3) is 0 Å². The van der Waals surface area contributed by atoms with E-state index in [1.54, 1.807) is 30.3 Å². The van der Waals surface area contributed by atoms with E-state index >= 15 is 0 Å². The molecule has 10 heteroatoms. The number of ether oxygens (including phenoxy) is 1. The zero-order valence-corrected chi connectivity index (χ0v) is 23.1. The van der Waals surface area contributed by atoms with Gasteiger partial charge in [-0.05, 0) is 49.3 Å². The fraction of sp³-hybridized carbons (Fsp3) is 0.517. The van der Waals surface area contributed by atoms with E-state index in [0.29, 0.717) is 0 Å². The van der Waals surface area contributed by atoms with E-state index in [-0.39, 0.29) is 17.2 Å². The van der Waals surface area contributed by atoms with Gasteiger partial charge in [0.25, 0.3) is 5.69 Å². The molecule has 9 nitrogen and oxygen atoms in total. The van der Waals surface area contributed by atoms with E-state index in [4.69, 9.17) is 4.74 Å². The molecule has 2 fully saturated rings. The van der Waals surface area contributed by atoms with Gasteiger partial charge >= 0.3 is 11.9 Å². The van der Waals surface area contributed by atoms with Gasteiger partial charge in [0, 0.05) is 18.2 Å². The molecule has 0 radical (unpaired) electrons. The first-order valence-corrected chi connectivity index (χ1v) is 14.6. The Morgan fingerprint density at radius 3 is 2.05 bits per heavy atom. The van der Waals surface area contributed by atoms with Crippen molar-refractivity contribution < 1.29 is 24.4 Å². The summed E-state index contributed by atoms with van der Waals surface area (Å²) in [6.07, 6.45) is 14.2. The number of benzene rings is 2. The Hall–Kier alpha value is -2.95. The third kappa shape index (κ3) is 11.4. The number of carboxylic acids is 1. The second-order valence-corrected chi connectivity index (χ2v) is 10.9. The number of nitrogens with zero attached hydrogens (tertiary/aromatic N) is 1. The van der Waals surface area contributed by atoms with Crippen LogP contribution < -0.4 is 10.0 Å². The van der Waals surface area contributed by atoms with Crippen molar-refractivity contribution in [1.82, 2.24) is 10.0 Å². The summed E-state index contributed by atoms with van der Waals surface area (Å²) in [6, 6.07) is 15.4. The topological polar surface area (TPSA) is 131 Å². The highest BCUT2D eigenvalue weighted by molar-refractivity contribution is 7.97. The Kier molecular flexibility index (Phi) is 13.2. The number of aliphatic carboxylic acids is 1. The molecule has 2 aliphatic carbocycles. The number of rotatable bonds is 11. The Balaban J connectivity index is 0.000000268. The molecule has 2 aliphatic rings. The molecule has 212 valence electrons. The lowest BCUT2D eigenvalue weighted by molar-refractivity contribution is -0.387. The zero-order valence-electron chi connectivity index (χ0n) is 22.3. The van der Waals surface area contributed by atoms with Gasteiger partial charge in [-0.1, -0.05) is 81.0 Å². The number of nitro benzene ring substituents is 1. The first-order chi connectivity index (χ1) is 18.9. The number of carbonyl (C=O) groups excluding carboxylic acids is 1. The molecule has 0 amide bonds. The van der Waals surface area contributed by atoms with Crippen LogP contribution in [0.2, 0.25) is 0 Å². The van der Waals surface area contributed by atoms with Crippen LogP contribution >= 0.6 is 11.9 Å². The molecule has 0 saturated heterocycles. The van der Waals surface area contributed by atoms with Gasteiger partial charge in [0.2, 0.25) is 0 Å². The molecular weight excluding hydrogens is 518 g/mol. The minimum atomic E-state index is -1.26. The van der Waals surface area contributed by atoms with Crippen LogP contribution in [0, 0.1) is 10.1 Å². The average molecular weight is 558 g/mol. The molecule has 0 bridgehead atoms. The average Bonchev–Trinajstić information content (AvgIpc) is 2.96. The van der Waals surface area contributed by atoms with Crippen molar-refractivity contribution in [3.63, 3.8) is 0 Å². The van der Waals surface area contributed by atoms with Gasteiger partial charge in [-0.3, -0.25) is 19.7 Å². The monoisotopic (exact) mass is 557 g/mol. The van der Waals surface area contributed by atoms with Crippen molar-refractivity contribution in [3.05, 3.63) is 70.3 Å². The molecule has 39 heavy (non-hydrogen) atoms. The molecule has 0 spiro atoms. The molecule has 0 aromatic heterocycles. The summed E-state index contributed by atoms with van der Waals surface area (Å²) in [6.45, 7) is 0.0450. The van der Waals surface area contributed by atoms with Crippen LogP contribution in [0.1, 0.15) is 76.2 Å². The highest BCUT2D eigenvalue weighted by Crippen LogP contribution is 2.27. The van der Waals surface area contributed by atoms with E-state index < -0.39 is 29.3 Å². The Labute approximate surface area is 234 Å². The van der Waals surface area contributed by atoms with Gasteiger partial charge in [-0.25, -0.2) is 4.72 Å². The summed E-state index contributed by atoms with van der Waals surface area (Å²) in [4.78, 5) is 33.9. The van der Waals surface area contributed by atoms with Crippen LogP contribution in [0.3, 0.4) is 0 Å². The second kappa shape index (κ2) is 16.9. The van der Waals surface area contributed by atoms with E-state index in [0.717, 1.165) is 29.6 Å². The number of hydrogen-bond donors (Lipinski definition) is 3. The summed E-state index contributed by atoms with van der Waals surface area (Å²) >= 11 is 0.788. The van der Waals surface area contributed by atoms with Gasteiger partial charge in [-0.2, -0.15) is 0 Å². The molecular formula is C29H39N3O6S. The van der Waals surface area contributed by atoms with Crippen molar-refractivity contribution in [2.45, 2.75) is 100 Å². The summed E-state index contributed by atoms with van der Waals surface area (Å²) in [5.74, 6) is -1.94. The predicted molar refractivity (Wildman–Crippen MR) is 151 cm³/mol. The number of hydrogen-bond acceptors (Lipinski definition) is 8. The summed E-state index contributed by atoms with van der Waals surface area (Å²) in [7, 11) is 0. The third-order valence-electron chi connectivity index (χ3n) is 6.97. The Morgan fingerprint density at radius 1 is 0.923 bits per heavy atom. The second-order valence-electron chi connectivity index (χ2n) is 10.0. The maximum Gasteiger partial charge on any atom is 0.322 e. The lowest BCUT2D eigenvalue weighted by Crippen LogP contribution is -2.40. The summed E-state index contributed by atoms with van der Waals surface area (Å²) in [5.41, 5.74) is 0.635. The van der Waals surface area contributed by atoms with Crippen LogP contribution in [-0.2, 0) is 20.9 Å². The van der Waals surface area contributed by atoms with Crippen molar-refractivity contribution >= 4 is 29.6 Å². The van der Waals surface area contributed by atoms with Crippen LogP contribution in [-0.4, -0.2) is 40.1 Å². The Morgan fingerprint density at radius 2 is 1.49 bits per heavy atom. The quantitative estimate of drug-likeness (QED) is 0.131. The van der Waals surface area contributed by atoms with Crippen molar-refractivity contribution in [1.29, 1.82) is 0 Å². The lowest BCUT2D eigenvalue weighted by atomic mass is 9.91. The van der Waals surface area contributed by atoms with Crippen LogP contribution in [0.5, 0.6) is 0 Å². The zero-order chi connectivity index (χ0) is 27.9. The normalized spacial score (nSPS) is 16.9. The van der Waals surface area contributed by atoms with Gasteiger partial charge in [0.05, 0.1) is 11.3 Å². The van der Waals surface area contributed by atoms with Crippen molar-refractivity contribution in [2.75, 3.05) is 0 Å². The fourth-order valence-corrected chi connectivity index (χ4v) is 5.69. The smallest absolute Gasteiger partial charge is 0.322 e. The number of nitro groups is 1. The Bertz CT molecular complexity index is 1030. The van der Waals surface area contributed by atoms with Crippen LogP contribution in [0.15, 0.2) is 59.5 Å². The van der Waals surface area contributed by atoms with E-state index in [1.165, 1.54) is 82.4 Å². The highest BCUT2D eigenvalue weighted by Gasteiger charge is 2.24. The molecule has 4 rings (SSSR count). The first kappa shape index (κ1) is 30.6. The molecule has 3 N–H and O–H groups in total. The molecule has 0 heterocycles. The van der Waals surface area contributed by atoms with Gasteiger partial charge < -0.3 is 15.2 Å². The highest BCUT2D eigenvalue weighted by atomic mass is 32.2. The molecule has 0 unspecified atom stereocenters. The van der Waals surface area contributed by atoms with Crippen molar-refractivity contribution in [3.8, 4) is 0 Å². The predicted octanol–water partition coefficient (Wildman–Crippen LogP) is 6.02. The SMILES string of the molecule is C1CCC(NC2CCCCC2)CC1.O=C(C[C@H](NSc1ccccc1[N+](=O)[O-])C(=O)O)OCc1ccccc1. The summed E-state index contributed by atoms with van der Waals surface area (Å²) in [5, 5.41) is 24.1. The molecule has 2 saturated carbocycles. The molecule has 2 aromatic rings. The minimum absolute atomic E-state index is 0.0450. The molecule has 0 aliphatic heterocycles. The molecule has 2 aromatic carbocycles. The minimum Gasteiger partial charge on any atom is -0.480 e. The number of esters is 1. The third-order valence-corrected chi connectivity index (χ3v) is 7.93. The maximum atomic E-state index is 11.9. The van der Waals surface area contributed by atoms with E-state index in [9.17, 15) is 24.8 Å². The standard InChI is InChI=1S/C17H16N2O6S.C12H23N/c20-16(25-11-12-6-2-1-3-7-12)10-13(17(21)22)18-26-15-9-5-4-8-14(15)19(23)24;1-3-7-11(8-4-1)13-12-9-5-2-6-10-12/h1-9,13,18H,10-11H2,(H,21,22);11-13H,1-10H2/t13-;/m0./s1. The number of para-hydroxylation sites is 1. The first-order valence-electron chi connectivity index (χ1n) is 13.8. The number of carbonyl (C=O) groups is 2. The van der Waals surface area contributed by atoms with Crippen molar-refractivity contribution in [2.24, 2.45) is 0 Å².